The van der Waals surface area contributed by atoms with E-state index in [1.807, 2.05) is 0 Å². The molecule has 69 valence electrons. The fourth-order valence-corrected chi connectivity index (χ4v) is 2.11. The van der Waals surface area contributed by atoms with Gasteiger partial charge in [0.2, 0.25) is 0 Å². The number of ether oxygens (including phenoxy) is 1. The minimum atomic E-state index is 0.938. The molecule has 1 aliphatic carbocycles. The van der Waals surface area contributed by atoms with Crippen LogP contribution in [0.2, 0.25) is 0 Å². The van der Waals surface area contributed by atoms with E-state index >= 15 is 0 Å². The highest BCUT2D eigenvalue weighted by molar-refractivity contribution is 4.97. The van der Waals surface area contributed by atoms with E-state index in [-0.39, 0.29) is 0 Å². The molecule has 1 heterocycles. The number of nitrogens with zero attached hydrogens (tertiary/aromatic N) is 1. The second kappa shape index (κ2) is 4.24. The fraction of sp³-hybridized carbons (Fsp3) is 0.900. The first-order valence-electron chi connectivity index (χ1n) is 5.09. The number of morpholine rings is 1. The summed E-state index contributed by atoms with van der Waals surface area (Å²) in [7, 11) is 0. The van der Waals surface area contributed by atoms with Gasteiger partial charge in [-0.3, -0.25) is 4.90 Å². The minimum Gasteiger partial charge on any atom is -0.379 e. The smallest absolute Gasteiger partial charge is 0.0594 e. The van der Waals surface area contributed by atoms with Crippen molar-refractivity contribution in [3.05, 3.63) is 5.92 Å². The van der Waals surface area contributed by atoms with E-state index in [1.54, 1.807) is 5.92 Å². The van der Waals surface area contributed by atoms with E-state index in [0.29, 0.717) is 0 Å². The van der Waals surface area contributed by atoms with Crippen molar-refractivity contribution in [2.45, 2.75) is 25.7 Å². The third-order valence-electron chi connectivity index (χ3n) is 2.86. The number of hydrogen-bond donors (Lipinski definition) is 0. The van der Waals surface area contributed by atoms with Crippen molar-refractivity contribution in [1.82, 2.24) is 4.90 Å². The zero-order valence-corrected chi connectivity index (χ0v) is 7.72. The van der Waals surface area contributed by atoms with Crippen molar-refractivity contribution in [2.75, 3.05) is 32.8 Å². The highest BCUT2D eigenvalue weighted by atomic mass is 16.5. The Morgan fingerprint density at radius 2 is 1.75 bits per heavy atom. The molecule has 2 heteroatoms. The molecule has 0 amide bonds. The Kier molecular flexibility index (Phi) is 3.01. The normalized spacial score (nSPS) is 28.0. The maximum atomic E-state index is 5.31. The van der Waals surface area contributed by atoms with E-state index < -0.39 is 0 Å². The molecule has 0 aromatic rings. The van der Waals surface area contributed by atoms with Crippen LogP contribution >= 0.6 is 0 Å². The molecule has 1 radical (unpaired) electrons. The van der Waals surface area contributed by atoms with Gasteiger partial charge in [0.1, 0.15) is 0 Å². The van der Waals surface area contributed by atoms with Gasteiger partial charge in [-0.15, -0.1) is 0 Å². The van der Waals surface area contributed by atoms with Crippen LogP contribution < -0.4 is 0 Å². The Morgan fingerprint density at radius 1 is 1.08 bits per heavy atom. The zero-order valence-electron chi connectivity index (χ0n) is 7.72. The molecular formula is C10H18NO. The third kappa shape index (κ3) is 2.20. The minimum absolute atomic E-state index is 0.938. The summed E-state index contributed by atoms with van der Waals surface area (Å²) in [5.74, 6) is 1.77. The van der Waals surface area contributed by atoms with E-state index in [9.17, 15) is 0 Å². The van der Waals surface area contributed by atoms with Crippen LogP contribution in [-0.4, -0.2) is 37.7 Å². The van der Waals surface area contributed by atoms with Gasteiger partial charge < -0.3 is 4.74 Å². The van der Waals surface area contributed by atoms with Crippen LogP contribution in [-0.2, 0) is 4.74 Å². The fourth-order valence-electron chi connectivity index (χ4n) is 2.11. The molecule has 0 spiro atoms. The Balaban J connectivity index is 1.69. The molecular weight excluding hydrogens is 150 g/mol. The molecule has 1 saturated heterocycles. The lowest BCUT2D eigenvalue weighted by molar-refractivity contribution is 0.0395. The van der Waals surface area contributed by atoms with Crippen LogP contribution in [0.5, 0.6) is 0 Å². The van der Waals surface area contributed by atoms with E-state index in [0.717, 1.165) is 26.3 Å². The van der Waals surface area contributed by atoms with Gasteiger partial charge in [0.25, 0.3) is 0 Å². The molecule has 0 bridgehead atoms. The lowest BCUT2D eigenvalue weighted by atomic mass is 10.1. The molecule has 1 aliphatic heterocycles. The summed E-state index contributed by atoms with van der Waals surface area (Å²) in [4.78, 5) is 2.53. The summed E-state index contributed by atoms with van der Waals surface area (Å²) < 4.78 is 5.31. The average Bonchev–Trinajstić information content (AvgIpc) is 2.59. The van der Waals surface area contributed by atoms with E-state index in [2.05, 4.69) is 4.90 Å². The molecule has 2 aliphatic rings. The highest BCUT2D eigenvalue weighted by Crippen LogP contribution is 2.27. The maximum absolute atomic E-state index is 5.31. The first-order chi connectivity index (χ1) is 5.95. The Bertz CT molecular complexity index is 126. The van der Waals surface area contributed by atoms with Gasteiger partial charge in [-0.2, -0.15) is 0 Å². The second-order valence-corrected chi connectivity index (χ2v) is 3.85. The largest absolute Gasteiger partial charge is 0.379 e. The predicted octanol–water partition coefficient (Wildman–Crippen LogP) is 1.47. The number of hydrogen-bond acceptors (Lipinski definition) is 2. The first kappa shape index (κ1) is 8.52. The van der Waals surface area contributed by atoms with Gasteiger partial charge >= 0.3 is 0 Å². The van der Waals surface area contributed by atoms with Crippen molar-refractivity contribution >= 4 is 0 Å². The van der Waals surface area contributed by atoms with Crippen molar-refractivity contribution in [1.29, 1.82) is 0 Å². The SMILES string of the molecule is C1CC[C](CN2CCOCC2)C1. The molecule has 2 nitrogen and oxygen atoms in total. The predicted molar refractivity (Wildman–Crippen MR) is 49.0 cm³/mol. The zero-order chi connectivity index (χ0) is 8.23. The molecule has 12 heavy (non-hydrogen) atoms. The van der Waals surface area contributed by atoms with Gasteiger partial charge in [0, 0.05) is 19.6 Å². The lowest BCUT2D eigenvalue weighted by Gasteiger charge is -2.28. The maximum Gasteiger partial charge on any atom is 0.0594 e. The Labute approximate surface area is 74.9 Å². The van der Waals surface area contributed by atoms with E-state index in [1.165, 1.54) is 32.2 Å². The summed E-state index contributed by atoms with van der Waals surface area (Å²) in [6.45, 7) is 5.41. The quantitative estimate of drug-likeness (QED) is 0.619. The summed E-state index contributed by atoms with van der Waals surface area (Å²) in [5, 5.41) is 0. The van der Waals surface area contributed by atoms with Gasteiger partial charge in [0.05, 0.1) is 13.2 Å². The van der Waals surface area contributed by atoms with Crippen LogP contribution in [0.3, 0.4) is 0 Å². The summed E-state index contributed by atoms with van der Waals surface area (Å²) in [5.41, 5.74) is 0. The van der Waals surface area contributed by atoms with Gasteiger partial charge in [-0.05, 0) is 18.8 Å². The standard InChI is InChI=1S/C10H18NO/c1-2-4-10(3-1)9-11-5-7-12-8-6-11/h1-9H2. The summed E-state index contributed by atoms with van der Waals surface area (Å²) in [6, 6.07) is 0. The van der Waals surface area contributed by atoms with Crippen LogP contribution in [0, 0.1) is 5.92 Å². The number of rotatable bonds is 2. The van der Waals surface area contributed by atoms with Gasteiger partial charge in [-0.25, -0.2) is 0 Å². The van der Waals surface area contributed by atoms with Crippen molar-refractivity contribution in [3.63, 3.8) is 0 Å². The highest BCUT2D eigenvalue weighted by Gasteiger charge is 2.19. The van der Waals surface area contributed by atoms with Crippen LogP contribution in [0.25, 0.3) is 0 Å². The average molecular weight is 168 g/mol. The van der Waals surface area contributed by atoms with Gasteiger partial charge in [0.15, 0.2) is 0 Å². The van der Waals surface area contributed by atoms with Crippen LogP contribution in [0.15, 0.2) is 0 Å². The van der Waals surface area contributed by atoms with Crippen molar-refractivity contribution in [3.8, 4) is 0 Å². The Morgan fingerprint density at radius 3 is 2.42 bits per heavy atom. The van der Waals surface area contributed by atoms with Gasteiger partial charge in [-0.1, -0.05) is 12.8 Å². The van der Waals surface area contributed by atoms with Crippen LogP contribution in [0.1, 0.15) is 25.7 Å². The molecule has 0 aromatic heterocycles. The molecule has 2 rings (SSSR count). The first-order valence-corrected chi connectivity index (χ1v) is 5.09. The van der Waals surface area contributed by atoms with Crippen molar-refractivity contribution in [2.24, 2.45) is 0 Å². The monoisotopic (exact) mass is 168 g/mol. The van der Waals surface area contributed by atoms with Crippen LogP contribution in [0.4, 0.5) is 0 Å². The topological polar surface area (TPSA) is 12.5 Å². The third-order valence-corrected chi connectivity index (χ3v) is 2.86. The summed E-state index contributed by atoms with van der Waals surface area (Å²) in [6.07, 6.45) is 5.63. The molecule has 2 fully saturated rings. The second-order valence-electron chi connectivity index (χ2n) is 3.85. The summed E-state index contributed by atoms with van der Waals surface area (Å²) >= 11 is 0. The van der Waals surface area contributed by atoms with Crippen molar-refractivity contribution < 1.29 is 4.74 Å². The molecule has 0 unspecified atom stereocenters. The Hall–Kier alpha value is -0.0800. The molecule has 0 atom stereocenters. The molecule has 0 N–H and O–H groups in total. The molecule has 0 aromatic carbocycles. The molecule has 1 saturated carbocycles. The lowest BCUT2D eigenvalue weighted by Crippen LogP contribution is -2.38. The van der Waals surface area contributed by atoms with E-state index in [4.69, 9.17) is 4.74 Å².